The monoisotopic (exact) mass is 1420 g/mol. The first-order valence-electron chi connectivity index (χ1n) is 40.5. The van der Waals surface area contributed by atoms with E-state index in [-0.39, 0.29) is 25.7 Å². The Hall–Kier alpha value is -1.94. The van der Waals surface area contributed by atoms with Crippen LogP contribution in [0.4, 0.5) is 0 Å². The topological polar surface area (TPSA) is 237 Å². The van der Waals surface area contributed by atoms with Crippen LogP contribution in [0.5, 0.6) is 0 Å². The quantitative estimate of drug-likeness (QED) is 0.0222. The van der Waals surface area contributed by atoms with Crippen molar-refractivity contribution in [2.45, 2.75) is 426 Å². The molecule has 19 heteroatoms. The standard InChI is InChI=1S/C78H152O17P2/c1-7-9-11-13-15-17-19-21-22-23-24-29-32-36-42-48-54-60-75(80)88-66-73(94-78(83)63-57-51-44-38-34-30-26-25-28-31-35-40-46-52-58-70(3)4)68-92-96(84,85)90-64-72(79)65-91-97(86,87)93-69-74(67-89-76(81)61-55-49-45-39-41-47-53-59-71(5)6)95-77(82)62-56-50-43-37-33-27-20-18-16-14-12-10-8-2/h70-74,79H,7-69H2,1-6H3,(H,84,85)(H,86,87)/t72-,73-,74-/m1/s1. The lowest BCUT2D eigenvalue weighted by Gasteiger charge is -2.21. The van der Waals surface area contributed by atoms with Crippen LogP contribution in [0.15, 0.2) is 0 Å². The summed E-state index contributed by atoms with van der Waals surface area (Å²) in [6.07, 6.45) is 58.3. The second-order valence-electron chi connectivity index (χ2n) is 29.1. The number of phosphoric acid groups is 2. The van der Waals surface area contributed by atoms with E-state index in [4.69, 9.17) is 37.0 Å². The van der Waals surface area contributed by atoms with Crippen molar-refractivity contribution in [1.82, 2.24) is 0 Å². The molecule has 0 rings (SSSR count). The van der Waals surface area contributed by atoms with Gasteiger partial charge in [-0.2, -0.15) is 0 Å². The van der Waals surface area contributed by atoms with Crippen LogP contribution in [-0.4, -0.2) is 96.7 Å². The lowest BCUT2D eigenvalue weighted by atomic mass is 10.0. The Morgan fingerprint density at radius 2 is 0.474 bits per heavy atom. The molecule has 0 heterocycles. The summed E-state index contributed by atoms with van der Waals surface area (Å²) < 4.78 is 68.6. The van der Waals surface area contributed by atoms with Gasteiger partial charge in [-0.05, 0) is 37.5 Å². The summed E-state index contributed by atoms with van der Waals surface area (Å²) in [5, 5.41) is 10.6. The lowest BCUT2D eigenvalue weighted by molar-refractivity contribution is -0.161. The molecule has 0 aliphatic heterocycles. The molecule has 5 atom stereocenters. The molecule has 0 amide bonds. The highest BCUT2D eigenvalue weighted by Gasteiger charge is 2.30. The van der Waals surface area contributed by atoms with Crippen molar-refractivity contribution in [3.8, 4) is 0 Å². The number of aliphatic hydroxyl groups excluding tert-OH is 1. The number of unbranched alkanes of at least 4 members (excludes halogenated alkanes) is 47. The van der Waals surface area contributed by atoms with E-state index in [1.807, 2.05) is 0 Å². The van der Waals surface area contributed by atoms with Gasteiger partial charge in [0.05, 0.1) is 26.4 Å². The zero-order valence-electron chi connectivity index (χ0n) is 63.4. The molecule has 0 radical (unpaired) electrons. The van der Waals surface area contributed by atoms with Crippen molar-refractivity contribution >= 4 is 39.5 Å². The summed E-state index contributed by atoms with van der Waals surface area (Å²) in [7, 11) is -9.91. The van der Waals surface area contributed by atoms with Gasteiger partial charge in [0.15, 0.2) is 12.2 Å². The Bertz CT molecular complexity index is 1870. The molecule has 2 unspecified atom stereocenters. The molecule has 3 N–H and O–H groups in total. The van der Waals surface area contributed by atoms with Gasteiger partial charge in [-0.3, -0.25) is 37.3 Å². The Labute approximate surface area is 594 Å². The molecule has 0 aliphatic carbocycles. The van der Waals surface area contributed by atoms with Crippen molar-refractivity contribution in [2.75, 3.05) is 39.6 Å². The van der Waals surface area contributed by atoms with E-state index >= 15 is 0 Å². The summed E-state index contributed by atoms with van der Waals surface area (Å²) in [6, 6.07) is 0. The van der Waals surface area contributed by atoms with E-state index in [2.05, 4.69) is 41.5 Å². The smallest absolute Gasteiger partial charge is 0.462 e. The van der Waals surface area contributed by atoms with Crippen molar-refractivity contribution < 1.29 is 80.2 Å². The lowest BCUT2D eigenvalue weighted by Crippen LogP contribution is -2.30. The summed E-state index contributed by atoms with van der Waals surface area (Å²) in [6.45, 7) is 9.58. The van der Waals surface area contributed by atoms with E-state index in [0.717, 1.165) is 102 Å². The Morgan fingerprint density at radius 3 is 0.701 bits per heavy atom. The van der Waals surface area contributed by atoms with Crippen LogP contribution < -0.4 is 0 Å². The molecule has 0 fully saturated rings. The summed E-state index contributed by atoms with van der Waals surface area (Å²) in [4.78, 5) is 72.9. The average Bonchev–Trinajstić information content (AvgIpc) is 1.55. The minimum absolute atomic E-state index is 0.107. The zero-order valence-corrected chi connectivity index (χ0v) is 65.2. The highest BCUT2D eigenvalue weighted by Crippen LogP contribution is 2.45. The van der Waals surface area contributed by atoms with Crippen LogP contribution in [0.25, 0.3) is 0 Å². The highest BCUT2D eigenvalue weighted by molar-refractivity contribution is 7.47. The van der Waals surface area contributed by atoms with Crippen molar-refractivity contribution in [3.05, 3.63) is 0 Å². The predicted molar refractivity (Wildman–Crippen MR) is 395 cm³/mol. The van der Waals surface area contributed by atoms with Gasteiger partial charge in [-0.25, -0.2) is 9.13 Å². The van der Waals surface area contributed by atoms with Gasteiger partial charge in [0.1, 0.15) is 19.3 Å². The van der Waals surface area contributed by atoms with Crippen LogP contribution in [-0.2, 0) is 65.4 Å². The van der Waals surface area contributed by atoms with Gasteiger partial charge in [0, 0.05) is 25.7 Å². The maximum Gasteiger partial charge on any atom is 0.472 e. The first-order valence-corrected chi connectivity index (χ1v) is 43.5. The Morgan fingerprint density at radius 1 is 0.278 bits per heavy atom. The third-order valence-corrected chi connectivity index (χ3v) is 20.1. The van der Waals surface area contributed by atoms with Gasteiger partial charge in [0.25, 0.3) is 0 Å². The number of esters is 4. The fraction of sp³-hybridized carbons (Fsp3) is 0.949. The second kappa shape index (κ2) is 69.8. The molecule has 17 nitrogen and oxygen atoms in total. The number of rotatable bonds is 77. The fourth-order valence-electron chi connectivity index (χ4n) is 12.0. The SMILES string of the molecule is CCCCCCCCCCCCCCCCCCCC(=O)OC[C@H](COP(=O)(O)OC[C@@H](O)COP(=O)(O)OC[C@@H](COC(=O)CCCCCCCCCC(C)C)OC(=O)CCCCCCCCCCCCCCC)OC(=O)CCCCCCCCCCCCCCCCC(C)C. The predicted octanol–water partition coefficient (Wildman–Crippen LogP) is 23.1. The minimum Gasteiger partial charge on any atom is -0.462 e. The third-order valence-electron chi connectivity index (χ3n) is 18.2. The first kappa shape index (κ1) is 95.1. The van der Waals surface area contributed by atoms with Gasteiger partial charge < -0.3 is 33.8 Å². The van der Waals surface area contributed by atoms with E-state index in [0.29, 0.717) is 31.6 Å². The normalized spacial score (nSPS) is 14.0. The number of aliphatic hydroxyl groups is 1. The van der Waals surface area contributed by atoms with Gasteiger partial charge in [-0.15, -0.1) is 0 Å². The van der Waals surface area contributed by atoms with E-state index < -0.39 is 97.5 Å². The molecule has 0 saturated heterocycles. The molecular formula is C78H152O17P2. The van der Waals surface area contributed by atoms with E-state index in [9.17, 15) is 43.2 Å². The van der Waals surface area contributed by atoms with Crippen LogP contribution in [0.2, 0.25) is 0 Å². The Balaban J connectivity index is 5.24. The zero-order chi connectivity index (χ0) is 71.4. The van der Waals surface area contributed by atoms with Crippen LogP contribution >= 0.6 is 15.6 Å². The fourth-order valence-corrected chi connectivity index (χ4v) is 13.6. The molecule has 0 spiro atoms. The van der Waals surface area contributed by atoms with E-state index in [1.54, 1.807) is 0 Å². The molecule has 576 valence electrons. The van der Waals surface area contributed by atoms with Crippen LogP contribution in [0.3, 0.4) is 0 Å². The second-order valence-corrected chi connectivity index (χ2v) is 32.0. The molecule has 0 aromatic carbocycles. The number of hydrogen-bond donors (Lipinski definition) is 3. The summed E-state index contributed by atoms with van der Waals surface area (Å²) in [5.74, 6) is -0.612. The maximum absolute atomic E-state index is 13.1. The highest BCUT2D eigenvalue weighted by atomic mass is 31.2. The number of phosphoric ester groups is 2. The third kappa shape index (κ3) is 72.2. The van der Waals surface area contributed by atoms with Crippen LogP contribution in [0.1, 0.15) is 408 Å². The first-order chi connectivity index (χ1) is 46.9. The number of carbonyl (C=O) groups is 4. The molecule has 0 aliphatic rings. The Kier molecular flexibility index (Phi) is 68.4. The summed E-state index contributed by atoms with van der Waals surface area (Å²) in [5.41, 5.74) is 0. The molecule has 0 aromatic rings. The number of carbonyl (C=O) groups excluding carboxylic acids is 4. The molecule has 0 bridgehead atoms. The molecule has 0 aromatic heterocycles. The van der Waals surface area contributed by atoms with Crippen molar-refractivity contribution in [2.24, 2.45) is 11.8 Å². The minimum atomic E-state index is -4.96. The van der Waals surface area contributed by atoms with Gasteiger partial charge in [-0.1, -0.05) is 356 Å². The molecule has 0 saturated carbocycles. The van der Waals surface area contributed by atoms with E-state index in [1.165, 1.54) is 218 Å². The molecule has 97 heavy (non-hydrogen) atoms. The van der Waals surface area contributed by atoms with Gasteiger partial charge in [0.2, 0.25) is 0 Å². The average molecular weight is 1420 g/mol. The van der Waals surface area contributed by atoms with Crippen LogP contribution in [0, 0.1) is 11.8 Å². The van der Waals surface area contributed by atoms with Crippen molar-refractivity contribution in [3.63, 3.8) is 0 Å². The number of hydrogen-bond acceptors (Lipinski definition) is 15. The summed E-state index contributed by atoms with van der Waals surface area (Å²) >= 11 is 0. The number of ether oxygens (including phenoxy) is 4. The van der Waals surface area contributed by atoms with Crippen molar-refractivity contribution in [1.29, 1.82) is 0 Å². The molecular weight excluding hydrogens is 1270 g/mol. The maximum atomic E-state index is 13.1. The largest absolute Gasteiger partial charge is 0.472 e. The van der Waals surface area contributed by atoms with Gasteiger partial charge >= 0.3 is 39.5 Å².